The zero-order valence-corrected chi connectivity index (χ0v) is 16.8. The number of aromatic amines is 1. The number of H-pyrrole nitrogens is 1. The van der Waals surface area contributed by atoms with Gasteiger partial charge in [-0.3, -0.25) is 0 Å². The highest BCUT2D eigenvalue weighted by Gasteiger charge is 2.61. The number of alkyl halides is 2. The predicted molar refractivity (Wildman–Crippen MR) is 105 cm³/mol. The summed E-state index contributed by atoms with van der Waals surface area (Å²) >= 11 is 0. The molecule has 0 radical (unpaired) electrons. The fourth-order valence-electron chi connectivity index (χ4n) is 5.25. The minimum Gasteiger partial charge on any atom is -0.362 e. The van der Waals surface area contributed by atoms with Crippen LogP contribution < -0.4 is 0 Å². The van der Waals surface area contributed by atoms with E-state index < -0.39 is 23.5 Å². The van der Waals surface area contributed by atoms with E-state index in [0.717, 1.165) is 24.8 Å². The number of fused-ring (bicyclic) bond motifs is 4. The number of ether oxygens (including phenoxy) is 1. The van der Waals surface area contributed by atoms with E-state index in [1.165, 1.54) is 12.1 Å². The minimum atomic E-state index is -1.63. The molecule has 0 bridgehead atoms. The van der Waals surface area contributed by atoms with E-state index in [0.29, 0.717) is 23.0 Å². The van der Waals surface area contributed by atoms with Crippen LogP contribution in [0.4, 0.5) is 13.2 Å². The lowest BCUT2D eigenvalue weighted by Crippen LogP contribution is -2.63. The van der Waals surface area contributed by atoms with Crippen molar-refractivity contribution in [1.29, 1.82) is 0 Å². The van der Waals surface area contributed by atoms with Crippen LogP contribution in [0.15, 0.2) is 18.2 Å². The molecule has 4 rings (SSSR count). The van der Waals surface area contributed by atoms with Crippen LogP contribution in [0.2, 0.25) is 0 Å². The van der Waals surface area contributed by atoms with Crippen molar-refractivity contribution in [3.8, 4) is 0 Å². The number of nitrogens with zero attached hydrogens (tertiary/aromatic N) is 1. The maximum atomic E-state index is 15.9. The number of aromatic nitrogens is 1. The van der Waals surface area contributed by atoms with Gasteiger partial charge in [-0.05, 0) is 50.7 Å². The van der Waals surface area contributed by atoms with Gasteiger partial charge in [0.1, 0.15) is 18.2 Å². The topological polar surface area (TPSA) is 28.3 Å². The molecule has 2 aliphatic rings. The maximum Gasteiger partial charge on any atom is 0.170 e. The van der Waals surface area contributed by atoms with Gasteiger partial charge in [-0.2, -0.15) is 0 Å². The standard InChI is InChI=1S/C22H29F3N2O/c1-4-5-9-21(27(2)3)12-18(24)22(19(25)13-21)20-15(8-10-28-22)16-11-14(23)6-7-17(16)26-20/h6-7,11,18-19,26H,4-5,8-10,12-13H2,1-3H3. The molecule has 1 fully saturated rings. The summed E-state index contributed by atoms with van der Waals surface area (Å²) in [7, 11) is 3.82. The molecule has 154 valence electrons. The van der Waals surface area contributed by atoms with E-state index in [4.69, 9.17) is 4.74 Å². The van der Waals surface area contributed by atoms with Gasteiger partial charge < -0.3 is 14.6 Å². The first-order valence-electron chi connectivity index (χ1n) is 10.2. The number of hydrogen-bond acceptors (Lipinski definition) is 2. The second-order valence-electron chi connectivity index (χ2n) is 8.63. The van der Waals surface area contributed by atoms with Gasteiger partial charge in [0.25, 0.3) is 0 Å². The highest BCUT2D eigenvalue weighted by atomic mass is 19.1. The van der Waals surface area contributed by atoms with E-state index in [9.17, 15) is 4.39 Å². The van der Waals surface area contributed by atoms with E-state index in [-0.39, 0.29) is 25.3 Å². The monoisotopic (exact) mass is 394 g/mol. The van der Waals surface area contributed by atoms with Gasteiger partial charge in [-0.1, -0.05) is 19.8 Å². The first-order chi connectivity index (χ1) is 13.3. The van der Waals surface area contributed by atoms with Crippen LogP contribution in [0.1, 0.15) is 50.3 Å². The molecule has 0 amide bonds. The van der Waals surface area contributed by atoms with Crippen LogP contribution in [-0.2, 0) is 16.8 Å². The Hall–Kier alpha value is -1.53. The molecule has 1 aliphatic heterocycles. The highest BCUT2D eigenvalue weighted by molar-refractivity contribution is 5.85. The molecule has 28 heavy (non-hydrogen) atoms. The average molecular weight is 394 g/mol. The van der Waals surface area contributed by atoms with Gasteiger partial charge in [0, 0.05) is 29.3 Å². The molecule has 0 saturated heterocycles. The van der Waals surface area contributed by atoms with Gasteiger partial charge >= 0.3 is 0 Å². The lowest BCUT2D eigenvalue weighted by molar-refractivity contribution is -0.198. The Bertz CT molecular complexity index is 851. The zero-order valence-electron chi connectivity index (χ0n) is 16.8. The van der Waals surface area contributed by atoms with E-state index in [1.54, 1.807) is 6.07 Å². The fourth-order valence-corrected chi connectivity index (χ4v) is 5.25. The average Bonchev–Trinajstić information content (AvgIpc) is 3.03. The lowest BCUT2D eigenvalue weighted by Gasteiger charge is -2.53. The summed E-state index contributed by atoms with van der Waals surface area (Å²) in [4.78, 5) is 5.16. The third-order valence-electron chi connectivity index (χ3n) is 6.95. The summed E-state index contributed by atoms with van der Waals surface area (Å²) in [6, 6.07) is 4.43. The van der Waals surface area contributed by atoms with Crippen LogP contribution in [0, 0.1) is 5.82 Å². The molecule has 2 atom stereocenters. The summed E-state index contributed by atoms with van der Waals surface area (Å²) in [5.74, 6) is -0.349. The zero-order chi connectivity index (χ0) is 20.1. The molecule has 2 unspecified atom stereocenters. The van der Waals surface area contributed by atoms with Crippen molar-refractivity contribution >= 4 is 10.9 Å². The molecule has 1 aromatic heterocycles. The van der Waals surface area contributed by atoms with Crippen molar-refractivity contribution in [2.75, 3.05) is 20.7 Å². The van der Waals surface area contributed by atoms with Crippen LogP contribution >= 0.6 is 0 Å². The van der Waals surface area contributed by atoms with Crippen molar-refractivity contribution in [3.63, 3.8) is 0 Å². The molecule has 6 heteroatoms. The number of nitrogens with one attached hydrogen (secondary N) is 1. The summed E-state index contributed by atoms with van der Waals surface area (Å²) in [6.45, 7) is 2.33. The van der Waals surface area contributed by atoms with Crippen molar-refractivity contribution < 1.29 is 17.9 Å². The molecule has 1 saturated carbocycles. The van der Waals surface area contributed by atoms with Gasteiger partial charge in [0.05, 0.1) is 12.3 Å². The van der Waals surface area contributed by atoms with Gasteiger partial charge in [-0.15, -0.1) is 0 Å². The van der Waals surface area contributed by atoms with Crippen LogP contribution in [0.3, 0.4) is 0 Å². The smallest absolute Gasteiger partial charge is 0.170 e. The molecular formula is C22H29F3N2O. The summed E-state index contributed by atoms with van der Waals surface area (Å²) in [5, 5.41) is 0.701. The number of benzene rings is 1. The largest absolute Gasteiger partial charge is 0.362 e. The summed E-state index contributed by atoms with van der Waals surface area (Å²) in [6.07, 6.45) is 0.700. The molecule has 2 aromatic rings. The molecule has 1 N–H and O–H groups in total. The summed E-state index contributed by atoms with van der Waals surface area (Å²) in [5.41, 5.74) is -0.196. The molecule has 2 heterocycles. The Labute approximate surface area is 164 Å². The highest BCUT2D eigenvalue weighted by Crippen LogP contribution is 2.53. The minimum absolute atomic E-state index is 0.226. The first kappa shape index (κ1) is 19.8. The number of rotatable bonds is 4. The summed E-state index contributed by atoms with van der Waals surface area (Å²) < 4.78 is 51.4. The predicted octanol–water partition coefficient (Wildman–Crippen LogP) is 5.04. The number of unbranched alkanes of at least 4 members (excludes halogenated alkanes) is 1. The molecule has 3 nitrogen and oxygen atoms in total. The van der Waals surface area contributed by atoms with Gasteiger partial charge in [-0.25, -0.2) is 13.2 Å². The third-order valence-corrected chi connectivity index (χ3v) is 6.95. The molecule has 1 spiro atoms. The van der Waals surface area contributed by atoms with Crippen LogP contribution in [-0.4, -0.2) is 48.5 Å². The quantitative estimate of drug-likeness (QED) is 0.787. The second kappa shape index (κ2) is 7.06. The second-order valence-corrected chi connectivity index (χ2v) is 8.63. The van der Waals surface area contributed by atoms with Crippen molar-refractivity contribution in [2.24, 2.45) is 0 Å². The molecule has 1 aliphatic carbocycles. The Morgan fingerprint density at radius 3 is 2.57 bits per heavy atom. The molecule has 1 aromatic carbocycles. The van der Waals surface area contributed by atoms with Gasteiger partial charge in [0.2, 0.25) is 0 Å². The Morgan fingerprint density at radius 1 is 1.21 bits per heavy atom. The normalized spacial score (nSPS) is 33.0. The van der Waals surface area contributed by atoms with Crippen molar-refractivity contribution in [2.45, 2.75) is 68.9 Å². The molecular weight excluding hydrogens is 365 g/mol. The Kier molecular flexibility index (Phi) is 4.99. The lowest BCUT2D eigenvalue weighted by atomic mass is 9.66. The van der Waals surface area contributed by atoms with E-state index in [2.05, 4.69) is 11.9 Å². The first-order valence-corrected chi connectivity index (χ1v) is 10.2. The number of hydrogen-bond donors (Lipinski definition) is 1. The van der Waals surface area contributed by atoms with Crippen LogP contribution in [0.5, 0.6) is 0 Å². The number of halogens is 3. The van der Waals surface area contributed by atoms with E-state index >= 15 is 8.78 Å². The maximum absolute atomic E-state index is 15.9. The van der Waals surface area contributed by atoms with Crippen molar-refractivity contribution in [3.05, 3.63) is 35.3 Å². The van der Waals surface area contributed by atoms with Gasteiger partial charge in [0.15, 0.2) is 5.60 Å². The Morgan fingerprint density at radius 2 is 1.93 bits per heavy atom. The third kappa shape index (κ3) is 2.79. The van der Waals surface area contributed by atoms with E-state index in [1.807, 2.05) is 19.0 Å². The Balaban J connectivity index is 1.79. The van der Waals surface area contributed by atoms with Crippen molar-refractivity contribution in [1.82, 2.24) is 9.88 Å². The fraction of sp³-hybridized carbons (Fsp3) is 0.636. The SMILES string of the molecule is CCCCC1(N(C)C)CC(F)C2(OCCc3c2[nH]c2ccc(F)cc32)C(F)C1. The van der Waals surface area contributed by atoms with Crippen LogP contribution in [0.25, 0.3) is 10.9 Å².